The molecule has 0 radical (unpaired) electrons. The molecule has 0 spiro atoms. The molecule has 0 N–H and O–H groups in total. The first-order valence-corrected chi connectivity index (χ1v) is 6.94. The fourth-order valence-corrected chi connectivity index (χ4v) is 2.95. The summed E-state index contributed by atoms with van der Waals surface area (Å²) < 4.78 is 0. The van der Waals surface area contributed by atoms with E-state index in [1.807, 2.05) is 12.2 Å². The van der Waals surface area contributed by atoms with Gasteiger partial charge in [0.05, 0.1) is 6.07 Å². The number of rotatable bonds is 2. The van der Waals surface area contributed by atoms with E-state index < -0.39 is 0 Å². The van der Waals surface area contributed by atoms with Crippen molar-refractivity contribution in [2.24, 2.45) is 11.8 Å². The highest BCUT2D eigenvalue weighted by Crippen LogP contribution is 2.35. The highest BCUT2D eigenvalue weighted by Gasteiger charge is 2.21. The Hall–Kier alpha value is -1.55. The van der Waals surface area contributed by atoms with Crippen LogP contribution in [0.2, 0.25) is 0 Å². The van der Waals surface area contributed by atoms with Gasteiger partial charge in [0, 0.05) is 7.00 Å². The molecule has 1 nitrogen and oxygen atoms in total. The molecule has 0 bridgehead atoms. The molecular weight excluding hydrogens is 218 g/mol. The van der Waals surface area contributed by atoms with Crippen LogP contribution in [0.1, 0.15) is 40.5 Å². The van der Waals surface area contributed by atoms with Crippen molar-refractivity contribution in [3.05, 3.63) is 47.6 Å². The minimum absolute atomic E-state index is 0. The van der Waals surface area contributed by atoms with Crippen LogP contribution in [0.3, 0.4) is 0 Å². The summed E-state index contributed by atoms with van der Waals surface area (Å²) in [7, 11) is 0. The molecule has 96 valence electrons. The Morgan fingerprint density at radius 3 is 2.67 bits per heavy atom. The van der Waals surface area contributed by atoms with Gasteiger partial charge in [0.1, 0.15) is 0 Å². The summed E-state index contributed by atoms with van der Waals surface area (Å²) in [5, 5.41) is 8.91. The van der Waals surface area contributed by atoms with Gasteiger partial charge in [-0.25, -0.2) is 0 Å². The second kappa shape index (κ2) is 6.40. The highest BCUT2D eigenvalue weighted by atomic mass is 14.3. The van der Waals surface area contributed by atoms with Gasteiger partial charge in [0.2, 0.25) is 0 Å². The van der Waals surface area contributed by atoms with Crippen molar-refractivity contribution >= 4 is 0 Å². The van der Waals surface area contributed by atoms with E-state index >= 15 is 0 Å². The van der Waals surface area contributed by atoms with Crippen LogP contribution in [-0.2, 0) is 0 Å². The third-order valence-electron chi connectivity index (χ3n) is 3.98. The van der Waals surface area contributed by atoms with Crippen molar-refractivity contribution in [3.8, 4) is 6.07 Å². The maximum absolute atomic E-state index is 8.91. The topological polar surface area (TPSA) is 23.8 Å². The third kappa shape index (κ3) is 3.23. The van der Waals surface area contributed by atoms with Gasteiger partial charge in [-0.3, -0.25) is 0 Å². The minimum Gasteiger partial charge on any atom is -0.192 e. The first-order chi connectivity index (χ1) is 8.83. The van der Waals surface area contributed by atoms with E-state index in [1.165, 1.54) is 31.3 Å². The zero-order valence-electron chi connectivity index (χ0n) is 11.1. The summed E-state index contributed by atoms with van der Waals surface area (Å²) in [6.07, 6.45) is 19.0. The Kier molecular flexibility index (Phi) is 4.59. The molecule has 0 aromatic carbocycles. The fourth-order valence-electron chi connectivity index (χ4n) is 2.95. The summed E-state index contributed by atoms with van der Waals surface area (Å²) >= 11 is 0. The smallest absolute Gasteiger partial charge is 0.0988 e. The summed E-state index contributed by atoms with van der Waals surface area (Å²) in [4.78, 5) is 0. The molecule has 0 unspecified atom stereocenters. The second-order valence-electron chi connectivity index (χ2n) is 5.18. The Labute approximate surface area is 112 Å². The Morgan fingerprint density at radius 1 is 1.22 bits per heavy atom. The predicted octanol–water partition coefficient (Wildman–Crippen LogP) is 4.95. The normalized spacial score (nSPS) is 28.4. The lowest BCUT2D eigenvalue weighted by molar-refractivity contribution is 0.348. The lowest BCUT2D eigenvalue weighted by Crippen LogP contribution is -2.14. The Bertz CT molecular complexity index is 440. The third-order valence-corrected chi connectivity index (χ3v) is 3.98. The van der Waals surface area contributed by atoms with Crippen molar-refractivity contribution in [1.82, 2.24) is 0 Å². The quantitative estimate of drug-likeness (QED) is 0.627. The monoisotopic (exact) mass is 241 g/mol. The van der Waals surface area contributed by atoms with Crippen LogP contribution in [0.5, 0.6) is 0 Å². The van der Waals surface area contributed by atoms with Gasteiger partial charge in [-0.1, -0.05) is 30.4 Å². The van der Waals surface area contributed by atoms with Crippen molar-refractivity contribution in [1.29, 1.82) is 5.26 Å². The maximum atomic E-state index is 8.91. The van der Waals surface area contributed by atoms with E-state index in [-0.39, 0.29) is 1.43 Å². The lowest BCUT2D eigenvalue weighted by atomic mass is 9.78. The second-order valence-corrected chi connectivity index (χ2v) is 5.18. The van der Waals surface area contributed by atoms with E-state index in [4.69, 9.17) is 5.26 Å². The van der Waals surface area contributed by atoms with Gasteiger partial charge in [0.25, 0.3) is 0 Å². The van der Waals surface area contributed by atoms with E-state index in [2.05, 4.69) is 37.3 Å². The molecule has 1 fully saturated rings. The number of allylic oxidation sites excluding steroid dienone is 8. The van der Waals surface area contributed by atoms with Gasteiger partial charge >= 0.3 is 0 Å². The number of nitrogens with zero attached hydrogens (tertiary/aromatic N) is 1. The standard InChI is InChI=1S/C17H21N.H2/c1-2-4-14-7-10-17(11-8-14)16-6-3-5-15(13-18)9-12-16;/h2,4-6,9,12,14,17H,3,7-8,10-11H2,1H3;1H/b4-2+;. The molecule has 0 heterocycles. The van der Waals surface area contributed by atoms with E-state index in [0.717, 1.165) is 17.9 Å². The van der Waals surface area contributed by atoms with Crippen molar-refractivity contribution in [2.75, 3.05) is 0 Å². The number of hydrogen-bond acceptors (Lipinski definition) is 1. The van der Waals surface area contributed by atoms with Gasteiger partial charge in [-0.05, 0) is 62.5 Å². The predicted molar refractivity (Wildman–Crippen MR) is 77.9 cm³/mol. The molecule has 0 aromatic heterocycles. The fraction of sp³-hybridized carbons (Fsp3) is 0.471. The minimum atomic E-state index is 0. The largest absolute Gasteiger partial charge is 0.192 e. The molecule has 2 aliphatic rings. The van der Waals surface area contributed by atoms with Crippen LogP contribution in [0.4, 0.5) is 0 Å². The molecule has 0 atom stereocenters. The van der Waals surface area contributed by atoms with E-state index in [9.17, 15) is 0 Å². The summed E-state index contributed by atoms with van der Waals surface area (Å²) in [5.41, 5.74) is 2.24. The average molecular weight is 241 g/mol. The summed E-state index contributed by atoms with van der Waals surface area (Å²) in [6, 6.07) is 2.22. The molecule has 0 aliphatic heterocycles. The van der Waals surface area contributed by atoms with Gasteiger partial charge in [-0.2, -0.15) is 5.26 Å². The average Bonchev–Trinajstić information content (AvgIpc) is 2.65. The van der Waals surface area contributed by atoms with Crippen LogP contribution >= 0.6 is 0 Å². The molecule has 0 saturated heterocycles. The first kappa shape index (κ1) is 12.9. The SMILES string of the molecule is C/C=C/C1CCC(C2=CCC=C(C#N)C=C2)CC1.[HH]. The van der Waals surface area contributed by atoms with Crippen molar-refractivity contribution in [2.45, 2.75) is 39.0 Å². The molecule has 1 saturated carbocycles. The first-order valence-electron chi connectivity index (χ1n) is 6.94. The summed E-state index contributed by atoms with van der Waals surface area (Å²) in [6.45, 7) is 2.11. The number of hydrogen-bond donors (Lipinski definition) is 0. The van der Waals surface area contributed by atoms with Gasteiger partial charge < -0.3 is 0 Å². The zero-order valence-corrected chi connectivity index (χ0v) is 11.1. The molecule has 18 heavy (non-hydrogen) atoms. The van der Waals surface area contributed by atoms with E-state index in [0.29, 0.717) is 5.92 Å². The number of nitriles is 1. The Morgan fingerprint density at radius 2 is 2.00 bits per heavy atom. The molecule has 0 amide bonds. The van der Waals surface area contributed by atoms with E-state index in [1.54, 1.807) is 0 Å². The highest BCUT2D eigenvalue weighted by molar-refractivity contribution is 5.40. The molecule has 1 heteroatoms. The zero-order chi connectivity index (χ0) is 12.8. The van der Waals surface area contributed by atoms with Crippen LogP contribution in [0.25, 0.3) is 0 Å². The molecular formula is C17H23N. The van der Waals surface area contributed by atoms with Gasteiger partial charge in [-0.15, -0.1) is 0 Å². The van der Waals surface area contributed by atoms with Crippen LogP contribution in [0, 0.1) is 23.2 Å². The maximum Gasteiger partial charge on any atom is 0.0988 e. The Balaban J connectivity index is 0.00000180. The van der Waals surface area contributed by atoms with Crippen LogP contribution in [0.15, 0.2) is 47.6 Å². The van der Waals surface area contributed by atoms with Crippen LogP contribution in [-0.4, -0.2) is 0 Å². The van der Waals surface area contributed by atoms with Crippen molar-refractivity contribution in [3.63, 3.8) is 0 Å². The molecule has 2 rings (SSSR count). The van der Waals surface area contributed by atoms with Crippen LogP contribution < -0.4 is 0 Å². The van der Waals surface area contributed by atoms with Gasteiger partial charge in [0.15, 0.2) is 0 Å². The summed E-state index contributed by atoms with van der Waals surface area (Å²) in [5.74, 6) is 1.49. The molecule has 2 aliphatic carbocycles. The van der Waals surface area contributed by atoms with Crippen molar-refractivity contribution < 1.29 is 1.43 Å². The molecule has 0 aromatic rings. The lowest BCUT2D eigenvalue weighted by Gasteiger charge is -2.27.